The lowest BCUT2D eigenvalue weighted by Crippen LogP contribution is -2.43. The van der Waals surface area contributed by atoms with Crippen LogP contribution < -0.4 is 0 Å². The van der Waals surface area contributed by atoms with Gasteiger partial charge in [-0.15, -0.1) is 0 Å². The fraction of sp³-hybridized carbons (Fsp3) is 0.471. The van der Waals surface area contributed by atoms with Gasteiger partial charge in [0, 0.05) is 32.3 Å². The highest BCUT2D eigenvalue weighted by Gasteiger charge is 2.33. The minimum absolute atomic E-state index is 0.120. The van der Waals surface area contributed by atoms with E-state index in [1.54, 1.807) is 24.2 Å². The molecule has 3 aromatic rings. The molecule has 0 spiro atoms. The largest absolute Gasteiger partial charge is 0.337 e. The lowest BCUT2D eigenvalue weighted by atomic mass is 9.84. The molecule has 142 valence electrons. The predicted molar refractivity (Wildman–Crippen MR) is 91.4 cm³/mol. The number of aryl methyl sites for hydroxylation is 1. The normalized spacial score (nSPS) is 20.6. The Morgan fingerprint density at radius 1 is 1.33 bits per heavy atom. The number of piperidine rings is 1. The Morgan fingerprint density at radius 3 is 2.85 bits per heavy atom. The number of likely N-dealkylation sites (tertiary alicyclic amines) is 1. The van der Waals surface area contributed by atoms with E-state index in [9.17, 15) is 13.6 Å². The maximum absolute atomic E-state index is 13.3. The van der Waals surface area contributed by atoms with Crippen molar-refractivity contribution in [2.24, 2.45) is 13.0 Å². The molecule has 1 aliphatic rings. The van der Waals surface area contributed by atoms with Crippen LogP contribution in [0.15, 0.2) is 24.7 Å². The molecule has 0 aliphatic carbocycles. The molecule has 4 heterocycles. The summed E-state index contributed by atoms with van der Waals surface area (Å²) in [6.45, 7) is 3.07. The topological polar surface area (TPSA) is 81.2 Å². The van der Waals surface area contributed by atoms with E-state index in [1.165, 1.54) is 21.6 Å². The average molecular weight is 375 g/mol. The first-order chi connectivity index (χ1) is 13.0. The molecule has 0 N–H and O–H groups in total. The molecule has 27 heavy (non-hydrogen) atoms. The summed E-state index contributed by atoms with van der Waals surface area (Å²) in [6.07, 6.45) is 0.939. The lowest BCUT2D eigenvalue weighted by Gasteiger charge is -2.37. The summed E-state index contributed by atoms with van der Waals surface area (Å²) in [5.74, 6) is 0.0662. The number of carbonyl (C=O) groups excluding carboxylic acids is 1. The maximum Gasteiger partial charge on any atom is 0.280 e. The maximum atomic E-state index is 13.3. The standard InChI is InChI=1S/C17H19F2N7O/c1-10-4-6-25(16(27)13-3-5-21-24(13)2)8-11(10)14-7-12(15(18)19)23-17-20-9-22-26(14)17/h3,5,7,9-11,15H,4,6,8H2,1-2H3/t10-,11-/m1/s1. The van der Waals surface area contributed by atoms with Gasteiger partial charge in [-0.2, -0.15) is 15.2 Å². The fourth-order valence-corrected chi connectivity index (χ4v) is 3.61. The van der Waals surface area contributed by atoms with Gasteiger partial charge in [0.05, 0.1) is 5.69 Å². The van der Waals surface area contributed by atoms with Crippen molar-refractivity contribution in [3.8, 4) is 0 Å². The molecule has 0 bridgehead atoms. The Labute approximate surface area is 153 Å². The zero-order valence-electron chi connectivity index (χ0n) is 15.0. The highest BCUT2D eigenvalue weighted by atomic mass is 19.3. The number of rotatable bonds is 3. The Bertz CT molecular complexity index is 983. The number of aromatic nitrogens is 6. The highest BCUT2D eigenvalue weighted by Crippen LogP contribution is 2.34. The van der Waals surface area contributed by atoms with Gasteiger partial charge in [0.25, 0.3) is 18.1 Å². The number of nitrogens with zero attached hydrogens (tertiary/aromatic N) is 7. The molecule has 1 aliphatic heterocycles. The van der Waals surface area contributed by atoms with Crippen LogP contribution in [0, 0.1) is 5.92 Å². The van der Waals surface area contributed by atoms with Crippen molar-refractivity contribution in [1.82, 2.24) is 34.3 Å². The van der Waals surface area contributed by atoms with Gasteiger partial charge in [-0.25, -0.2) is 18.3 Å². The monoisotopic (exact) mass is 375 g/mol. The Kier molecular flexibility index (Phi) is 4.33. The second-order valence-electron chi connectivity index (χ2n) is 6.84. The SMILES string of the molecule is C[C@@H]1CCN(C(=O)c2ccnn2C)C[C@H]1c1cc(C(F)F)nc2ncnn12. The number of fused-ring (bicyclic) bond motifs is 1. The second kappa shape index (κ2) is 6.67. The van der Waals surface area contributed by atoms with Crippen LogP contribution in [-0.2, 0) is 7.05 Å². The first-order valence-corrected chi connectivity index (χ1v) is 8.71. The third-order valence-corrected chi connectivity index (χ3v) is 5.19. The van der Waals surface area contributed by atoms with Crippen LogP contribution in [0.1, 0.15) is 47.6 Å². The summed E-state index contributed by atoms with van der Waals surface area (Å²) in [4.78, 5) is 22.4. The number of hydrogen-bond donors (Lipinski definition) is 0. The van der Waals surface area contributed by atoms with E-state index in [-0.39, 0.29) is 29.2 Å². The van der Waals surface area contributed by atoms with Gasteiger partial charge < -0.3 is 4.90 Å². The van der Waals surface area contributed by atoms with Crippen LogP contribution in [0.4, 0.5) is 8.78 Å². The van der Waals surface area contributed by atoms with Gasteiger partial charge in [-0.3, -0.25) is 9.48 Å². The summed E-state index contributed by atoms with van der Waals surface area (Å²) < 4.78 is 29.6. The molecule has 1 saturated heterocycles. The lowest BCUT2D eigenvalue weighted by molar-refractivity contribution is 0.0654. The molecule has 1 fully saturated rings. The summed E-state index contributed by atoms with van der Waals surface area (Å²) in [5, 5.41) is 8.19. The van der Waals surface area contributed by atoms with E-state index in [0.29, 0.717) is 24.5 Å². The van der Waals surface area contributed by atoms with Crippen molar-refractivity contribution in [3.05, 3.63) is 41.7 Å². The van der Waals surface area contributed by atoms with Crippen LogP contribution >= 0.6 is 0 Å². The first kappa shape index (κ1) is 17.5. The third-order valence-electron chi connectivity index (χ3n) is 5.19. The number of hydrogen-bond acceptors (Lipinski definition) is 5. The molecular weight excluding hydrogens is 356 g/mol. The van der Waals surface area contributed by atoms with E-state index in [4.69, 9.17) is 0 Å². The molecule has 0 saturated carbocycles. The van der Waals surface area contributed by atoms with Crippen molar-refractivity contribution in [2.45, 2.75) is 25.7 Å². The van der Waals surface area contributed by atoms with Crippen LogP contribution in [0.25, 0.3) is 5.78 Å². The Morgan fingerprint density at radius 2 is 2.15 bits per heavy atom. The van der Waals surface area contributed by atoms with Gasteiger partial charge in [0.1, 0.15) is 17.7 Å². The van der Waals surface area contributed by atoms with Crippen molar-refractivity contribution >= 4 is 11.7 Å². The van der Waals surface area contributed by atoms with E-state index < -0.39 is 6.43 Å². The number of carbonyl (C=O) groups is 1. The van der Waals surface area contributed by atoms with Gasteiger partial charge in [-0.1, -0.05) is 6.92 Å². The molecule has 0 aromatic carbocycles. The molecule has 2 atom stereocenters. The van der Waals surface area contributed by atoms with Gasteiger partial charge in [0.2, 0.25) is 0 Å². The zero-order valence-corrected chi connectivity index (χ0v) is 15.0. The third kappa shape index (κ3) is 3.04. The van der Waals surface area contributed by atoms with Crippen molar-refractivity contribution in [1.29, 1.82) is 0 Å². The molecule has 10 heteroatoms. The van der Waals surface area contributed by atoms with Gasteiger partial charge in [0.15, 0.2) is 0 Å². The molecule has 3 aromatic heterocycles. The van der Waals surface area contributed by atoms with Crippen molar-refractivity contribution in [3.63, 3.8) is 0 Å². The quantitative estimate of drug-likeness (QED) is 0.700. The number of alkyl halides is 2. The van der Waals surface area contributed by atoms with Crippen molar-refractivity contribution < 1.29 is 13.6 Å². The second-order valence-corrected chi connectivity index (χ2v) is 6.84. The predicted octanol–water partition coefficient (Wildman–Crippen LogP) is 2.06. The first-order valence-electron chi connectivity index (χ1n) is 8.71. The van der Waals surface area contributed by atoms with E-state index in [2.05, 4.69) is 27.1 Å². The van der Waals surface area contributed by atoms with Gasteiger partial charge >= 0.3 is 0 Å². The summed E-state index contributed by atoms with van der Waals surface area (Å²) in [7, 11) is 1.72. The zero-order chi connectivity index (χ0) is 19.1. The van der Waals surface area contributed by atoms with Crippen LogP contribution in [0.5, 0.6) is 0 Å². The summed E-state index contributed by atoms with van der Waals surface area (Å²) >= 11 is 0. The van der Waals surface area contributed by atoms with Gasteiger partial charge in [-0.05, 0) is 24.5 Å². The molecule has 8 nitrogen and oxygen atoms in total. The molecule has 1 amide bonds. The smallest absolute Gasteiger partial charge is 0.280 e. The van der Waals surface area contributed by atoms with E-state index >= 15 is 0 Å². The molecular formula is C17H19F2N7O. The van der Waals surface area contributed by atoms with E-state index in [1.807, 2.05) is 0 Å². The van der Waals surface area contributed by atoms with E-state index in [0.717, 1.165) is 6.42 Å². The minimum atomic E-state index is -2.70. The number of halogens is 2. The molecule has 0 unspecified atom stereocenters. The van der Waals surface area contributed by atoms with Crippen LogP contribution in [0.2, 0.25) is 0 Å². The minimum Gasteiger partial charge on any atom is -0.337 e. The Balaban J connectivity index is 1.70. The fourth-order valence-electron chi connectivity index (χ4n) is 3.61. The summed E-state index contributed by atoms with van der Waals surface area (Å²) in [5.41, 5.74) is 0.771. The van der Waals surface area contributed by atoms with Crippen molar-refractivity contribution in [2.75, 3.05) is 13.1 Å². The van der Waals surface area contributed by atoms with Crippen LogP contribution in [-0.4, -0.2) is 53.3 Å². The average Bonchev–Trinajstić information content (AvgIpc) is 3.29. The molecule has 4 rings (SSSR count). The highest BCUT2D eigenvalue weighted by molar-refractivity contribution is 5.92. The molecule has 0 radical (unpaired) electrons. The van der Waals surface area contributed by atoms with Crippen LogP contribution in [0.3, 0.4) is 0 Å². The summed E-state index contributed by atoms with van der Waals surface area (Å²) in [6, 6.07) is 3.05. The number of amides is 1. The Hall–Kier alpha value is -2.91.